The van der Waals surface area contributed by atoms with E-state index in [0.717, 1.165) is 16.3 Å². The first-order valence-corrected chi connectivity index (χ1v) is 8.35. The predicted molar refractivity (Wildman–Crippen MR) is 101 cm³/mol. The molecule has 0 aliphatic heterocycles. The zero-order valence-corrected chi connectivity index (χ0v) is 15.0. The lowest BCUT2D eigenvalue weighted by molar-refractivity contribution is 0.0689. The number of hydrogen-bond acceptors (Lipinski definition) is 5. The van der Waals surface area contributed by atoms with Crippen molar-refractivity contribution in [2.24, 2.45) is 0 Å². The minimum absolute atomic E-state index is 0.0659. The summed E-state index contributed by atoms with van der Waals surface area (Å²) in [6.07, 6.45) is 1.52. The molecule has 3 rings (SSSR count). The maximum absolute atomic E-state index is 11.8. The number of carbonyl (C=O) groups is 1. The summed E-state index contributed by atoms with van der Waals surface area (Å²) >= 11 is 0. The van der Waals surface area contributed by atoms with E-state index in [1.165, 1.54) is 6.20 Å². The predicted octanol–water partition coefficient (Wildman–Crippen LogP) is 3.32. The van der Waals surface area contributed by atoms with Crippen LogP contribution >= 0.6 is 0 Å². The number of likely N-dealkylation sites (N-methyl/N-ethyl adjacent to an activating group) is 1. The second-order valence-electron chi connectivity index (χ2n) is 6.37. The molecule has 1 unspecified atom stereocenters. The topological polar surface area (TPSA) is 75.5 Å². The lowest BCUT2D eigenvalue weighted by Crippen LogP contribution is -2.30. The number of hydrogen-bond donors (Lipinski definition) is 1. The molecule has 0 aliphatic carbocycles. The Labute approximate surface area is 152 Å². The Balaban J connectivity index is 2.01. The number of rotatable bonds is 6. The second kappa shape index (κ2) is 7.49. The highest BCUT2D eigenvalue weighted by Gasteiger charge is 2.18. The van der Waals surface area contributed by atoms with Crippen LogP contribution in [-0.2, 0) is 0 Å². The molecular weight excluding hydrogens is 330 g/mol. The number of benzene rings is 2. The number of aromatic nitrogens is 2. The van der Waals surface area contributed by atoms with E-state index in [0.29, 0.717) is 12.2 Å². The number of carboxylic acid groups (broad SMARTS) is 1. The smallest absolute Gasteiger partial charge is 0.355 e. The van der Waals surface area contributed by atoms with Crippen molar-refractivity contribution in [3.63, 3.8) is 0 Å². The minimum atomic E-state index is -1.11. The normalized spacial score (nSPS) is 12.3. The van der Waals surface area contributed by atoms with Crippen LogP contribution in [0.1, 0.15) is 17.4 Å². The summed E-state index contributed by atoms with van der Waals surface area (Å²) in [7, 11) is 3.89. The Morgan fingerprint density at radius 2 is 1.88 bits per heavy atom. The zero-order valence-electron chi connectivity index (χ0n) is 15.0. The van der Waals surface area contributed by atoms with Crippen LogP contribution in [0.5, 0.6) is 6.01 Å². The van der Waals surface area contributed by atoms with Crippen LogP contribution < -0.4 is 4.74 Å². The van der Waals surface area contributed by atoms with Gasteiger partial charge in [-0.05, 0) is 37.4 Å². The Hall–Kier alpha value is -2.99. The van der Waals surface area contributed by atoms with Crippen LogP contribution in [0.4, 0.5) is 0 Å². The Morgan fingerprint density at radius 1 is 1.15 bits per heavy atom. The van der Waals surface area contributed by atoms with Gasteiger partial charge in [-0.25, -0.2) is 9.78 Å². The summed E-state index contributed by atoms with van der Waals surface area (Å²) in [4.78, 5) is 22.1. The first kappa shape index (κ1) is 17.8. The van der Waals surface area contributed by atoms with Gasteiger partial charge in [0.05, 0.1) is 0 Å². The van der Waals surface area contributed by atoms with Crippen LogP contribution in [0, 0.1) is 0 Å². The average molecular weight is 351 g/mol. The molecule has 0 bridgehead atoms. The molecular formula is C20H21N3O3. The van der Waals surface area contributed by atoms with Gasteiger partial charge in [0.25, 0.3) is 0 Å². The molecule has 6 heteroatoms. The van der Waals surface area contributed by atoms with Crippen molar-refractivity contribution in [3.8, 4) is 17.1 Å². The zero-order chi connectivity index (χ0) is 18.7. The number of carboxylic acids is 1. The summed E-state index contributed by atoms with van der Waals surface area (Å²) in [5.74, 6) is -1.11. The van der Waals surface area contributed by atoms with Crippen LogP contribution in [0.15, 0.2) is 48.7 Å². The summed E-state index contributed by atoms with van der Waals surface area (Å²) in [5, 5.41) is 11.6. The molecule has 0 fully saturated rings. The molecule has 0 amide bonds. The fourth-order valence-corrected chi connectivity index (χ4v) is 2.60. The van der Waals surface area contributed by atoms with E-state index in [1.54, 1.807) is 0 Å². The highest BCUT2D eigenvalue weighted by atomic mass is 16.5. The molecule has 0 saturated carbocycles. The van der Waals surface area contributed by atoms with E-state index in [9.17, 15) is 9.90 Å². The van der Waals surface area contributed by atoms with E-state index in [4.69, 9.17) is 4.74 Å². The third-order valence-corrected chi connectivity index (χ3v) is 4.38. The van der Waals surface area contributed by atoms with Gasteiger partial charge in [0.15, 0.2) is 5.69 Å². The van der Waals surface area contributed by atoms with Crippen molar-refractivity contribution in [2.45, 2.75) is 13.0 Å². The van der Waals surface area contributed by atoms with Gasteiger partial charge < -0.3 is 14.7 Å². The maximum Gasteiger partial charge on any atom is 0.355 e. The van der Waals surface area contributed by atoms with Crippen molar-refractivity contribution in [3.05, 3.63) is 54.4 Å². The molecule has 1 atom stereocenters. The lowest BCUT2D eigenvalue weighted by Gasteiger charge is -2.19. The van der Waals surface area contributed by atoms with Crippen molar-refractivity contribution < 1.29 is 14.6 Å². The molecule has 0 spiro atoms. The van der Waals surface area contributed by atoms with Crippen molar-refractivity contribution in [1.82, 2.24) is 14.9 Å². The first-order valence-electron chi connectivity index (χ1n) is 8.35. The molecule has 6 nitrogen and oxygen atoms in total. The third-order valence-electron chi connectivity index (χ3n) is 4.38. The van der Waals surface area contributed by atoms with E-state index in [-0.39, 0.29) is 17.7 Å². The van der Waals surface area contributed by atoms with Crippen molar-refractivity contribution >= 4 is 16.7 Å². The molecule has 0 saturated heterocycles. The second-order valence-corrected chi connectivity index (χ2v) is 6.37. The molecule has 1 N–H and O–H groups in total. The van der Waals surface area contributed by atoms with Crippen LogP contribution in [0.25, 0.3) is 21.9 Å². The fraction of sp³-hybridized carbons (Fsp3) is 0.250. The maximum atomic E-state index is 11.8. The molecule has 0 aliphatic rings. The van der Waals surface area contributed by atoms with Gasteiger partial charge in [0.2, 0.25) is 0 Å². The Kier molecular flexibility index (Phi) is 5.14. The van der Waals surface area contributed by atoms with E-state index in [1.807, 2.05) is 68.4 Å². The molecule has 0 radical (unpaired) electrons. The van der Waals surface area contributed by atoms with Gasteiger partial charge in [0.1, 0.15) is 6.61 Å². The van der Waals surface area contributed by atoms with Gasteiger partial charge in [0, 0.05) is 17.8 Å². The van der Waals surface area contributed by atoms with Crippen LogP contribution in [0.2, 0.25) is 0 Å². The number of ether oxygens (including phenoxy) is 1. The molecule has 3 aromatic rings. The SMILES string of the molecule is CC(COc1ncc(-c2cccc3ccccc23)c(C(=O)O)n1)N(C)C. The largest absolute Gasteiger partial charge is 0.476 e. The summed E-state index contributed by atoms with van der Waals surface area (Å²) in [6, 6.07) is 13.8. The molecule has 26 heavy (non-hydrogen) atoms. The fourth-order valence-electron chi connectivity index (χ4n) is 2.60. The number of fused-ring (bicyclic) bond motifs is 1. The van der Waals surface area contributed by atoms with Gasteiger partial charge in [-0.1, -0.05) is 42.5 Å². The number of nitrogens with zero attached hydrogens (tertiary/aromatic N) is 3. The van der Waals surface area contributed by atoms with E-state index < -0.39 is 5.97 Å². The van der Waals surface area contributed by atoms with Gasteiger partial charge in [-0.15, -0.1) is 0 Å². The Bertz CT molecular complexity index is 935. The molecule has 2 aromatic carbocycles. The van der Waals surface area contributed by atoms with Gasteiger partial charge in [-0.3, -0.25) is 0 Å². The summed E-state index contributed by atoms with van der Waals surface area (Å²) in [6.45, 7) is 2.38. The van der Waals surface area contributed by atoms with Gasteiger partial charge in [-0.2, -0.15) is 4.98 Å². The highest BCUT2D eigenvalue weighted by molar-refractivity contribution is 6.02. The quantitative estimate of drug-likeness (QED) is 0.734. The van der Waals surface area contributed by atoms with Crippen LogP contribution in [0.3, 0.4) is 0 Å². The molecule has 1 aromatic heterocycles. The molecule has 134 valence electrons. The summed E-state index contributed by atoms with van der Waals surface area (Å²) < 4.78 is 5.57. The molecule has 1 heterocycles. The van der Waals surface area contributed by atoms with Crippen LogP contribution in [-0.4, -0.2) is 52.7 Å². The average Bonchev–Trinajstić information content (AvgIpc) is 2.65. The highest BCUT2D eigenvalue weighted by Crippen LogP contribution is 2.30. The monoisotopic (exact) mass is 351 g/mol. The van der Waals surface area contributed by atoms with Crippen molar-refractivity contribution in [1.29, 1.82) is 0 Å². The van der Waals surface area contributed by atoms with Crippen molar-refractivity contribution in [2.75, 3.05) is 20.7 Å². The third kappa shape index (κ3) is 3.65. The Morgan fingerprint density at radius 3 is 2.62 bits per heavy atom. The van der Waals surface area contributed by atoms with E-state index >= 15 is 0 Å². The standard InChI is InChI=1S/C20H21N3O3/c1-13(23(2)3)12-26-20-21-11-17(18(22-20)19(24)25)16-10-6-8-14-7-4-5-9-15(14)16/h4-11,13H,12H2,1-3H3,(H,24,25). The number of aromatic carboxylic acids is 1. The summed E-state index contributed by atoms with van der Waals surface area (Å²) in [5.41, 5.74) is 1.19. The van der Waals surface area contributed by atoms with E-state index in [2.05, 4.69) is 9.97 Å². The first-order chi connectivity index (χ1) is 12.5. The van der Waals surface area contributed by atoms with Gasteiger partial charge >= 0.3 is 12.0 Å². The lowest BCUT2D eigenvalue weighted by atomic mass is 9.98. The minimum Gasteiger partial charge on any atom is -0.476 e.